The first-order chi connectivity index (χ1) is 9.92. The molecule has 0 saturated carbocycles. The van der Waals surface area contributed by atoms with Crippen LogP contribution in [-0.4, -0.2) is 45.2 Å². The molecule has 0 radical (unpaired) electrons. The Bertz CT molecular complexity index is 418. The summed E-state index contributed by atoms with van der Waals surface area (Å²) in [4.78, 5) is 4.44. The Morgan fingerprint density at radius 3 is 2.43 bits per heavy atom. The highest BCUT2D eigenvalue weighted by Gasteiger charge is 2.11. The lowest BCUT2D eigenvalue weighted by atomic mass is 10.1. The molecule has 1 rings (SSSR count). The monoisotopic (exact) mass is 295 g/mol. The third kappa shape index (κ3) is 6.91. The minimum absolute atomic E-state index is 0.154. The lowest BCUT2D eigenvalue weighted by Gasteiger charge is -2.28. The van der Waals surface area contributed by atoms with Crippen molar-refractivity contribution in [3.63, 3.8) is 0 Å². The molecular weight excluding hydrogens is 265 g/mol. The van der Waals surface area contributed by atoms with Crippen molar-refractivity contribution in [1.29, 1.82) is 0 Å². The number of halogens is 1. The maximum atomic E-state index is 13.9. The molecule has 0 heterocycles. The van der Waals surface area contributed by atoms with Crippen molar-refractivity contribution in [2.75, 3.05) is 45.2 Å². The number of anilines is 1. The molecule has 0 aliphatic heterocycles. The highest BCUT2D eigenvalue weighted by Crippen LogP contribution is 2.20. The number of rotatable bonds is 9. The molecule has 4 heteroatoms. The number of nitrogens with one attached hydrogen (secondary N) is 1. The summed E-state index contributed by atoms with van der Waals surface area (Å²) < 4.78 is 13.9. The van der Waals surface area contributed by atoms with E-state index >= 15 is 0 Å². The van der Waals surface area contributed by atoms with E-state index in [2.05, 4.69) is 56.0 Å². The number of nitrogens with zero attached hydrogens (tertiary/aromatic N) is 2. The first-order valence-electron chi connectivity index (χ1n) is 7.82. The van der Waals surface area contributed by atoms with Crippen molar-refractivity contribution in [3.05, 3.63) is 29.6 Å². The van der Waals surface area contributed by atoms with E-state index in [1.807, 2.05) is 0 Å². The van der Waals surface area contributed by atoms with Crippen LogP contribution in [0.25, 0.3) is 0 Å². The number of hydrogen-bond acceptors (Lipinski definition) is 3. The first kappa shape index (κ1) is 17.9. The highest BCUT2D eigenvalue weighted by atomic mass is 19.1. The maximum Gasteiger partial charge on any atom is 0.125 e. The molecule has 0 unspecified atom stereocenters. The van der Waals surface area contributed by atoms with Gasteiger partial charge < -0.3 is 15.1 Å². The van der Waals surface area contributed by atoms with E-state index in [-0.39, 0.29) is 5.82 Å². The lowest BCUT2D eigenvalue weighted by molar-refractivity contribution is 0.409. The third-order valence-corrected chi connectivity index (χ3v) is 3.29. The van der Waals surface area contributed by atoms with Gasteiger partial charge in [0.1, 0.15) is 5.82 Å². The largest absolute Gasteiger partial charge is 0.370 e. The molecule has 1 aromatic carbocycles. The van der Waals surface area contributed by atoms with E-state index < -0.39 is 0 Å². The van der Waals surface area contributed by atoms with Crippen LogP contribution in [0.2, 0.25) is 0 Å². The van der Waals surface area contributed by atoms with E-state index in [1.54, 1.807) is 12.1 Å². The molecule has 0 aliphatic carbocycles. The van der Waals surface area contributed by atoms with Gasteiger partial charge in [0.15, 0.2) is 0 Å². The summed E-state index contributed by atoms with van der Waals surface area (Å²) in [6, 6.07) is 5.36. The van der Waals surface area contributed by atoms with Crippen LogP contribution >= 0.6 is 0 Å². The summed E-state index contributed by atoms with van der Waals surface area (Å²) in [5, 5.41) is 3.26. The van der Waals surface area contributed by atoms with Crippen LogP contribution in [0, 0.1) is 11.7 Å². The zero-order valence-corrected chi connectivity index (χ0v) is 14.1. The fourth-order valence-corrected chi connectivity index (χ4v) is 2.27. The van der Waals surface area contributed by atoms with Crippen molar-refractivity contribution in [2.45, 2.75) is 27.3 Å². The molecule has 0 amide bonds. The predicted molar refractivity (Wildman–Crippen MR) is 89.4 cm³/mol. The molecule has 0 fully saturated rings. The van der Waals surface area contributed by atoms with Crippen molar-refractivity contribution in [1.82, 2.24) is 10.2 Å². The van der Waals surface area contributed by atoms with E-state index in [1.165, 1.54) is 0 Å². The fourth-order valence-electron chi connectivity index (χ4n) is 2.27. The summed E-state index contributed by atoms with van der Waals surface area (Å²) in [6.45, 7) is 10.9. The summed E-state index contributed by atoms with van der Waals surface area (Å²) in [7, 11) is 4.13. The van der Waals surface area contributed by atoms with Gasteiger partial charge in [0, 0.05) is 31.9 Å². The van der Waals surface area contributed by atoms with Crippen LogP contribution in [-0.2, 0) is 6.54 Å². The van der Waals surface area contributed by atoms with Gasteiger partial charge in [0.25, 0.3) is 0 Å². The van der Waals surface area contributed by atoms with Crippen LogP contribution < -0.4 is 10.2 Å². The predicted octanol–water partition coefficient (Wildman–Crippen LogP) is 2.96. The summed E-state index contributed by atoms with van der Waals surface area (Å²) in [6.07, 6.45) is 0. The molecule has 21 heavy (non-hydrogen) atoms. The van der Waals surface area contributed by atoms with Gasteiger partial charge in [-0.15, -0.1) is 0 Å². The van der Waals surface area contributed by atoms with Crippen molar-refractivity contribution < 1.29 is 4.39 Å². The summed E-state index contributed by atoms with van der Waals surface area (Å²) in [5.74, 6) is 0.395. The van der Waals surface area contributed by atoms with Gasteiger partial charge in [-0.1, -0.05) is 20.8 Å². The maximum absolute atomic E-state index is 13.9. The highest BCUT2D eigenvalue weighted by molar-refractivity contribution is 5.49. The van der Waals surface area contributed by atoms with Crippen LogP contribution in [0.3, 0.4) is 0 Å². The van der Waals surface area contributed by atoms with Crippen LogP contribution in [0.15, 0.2) is 18.2 Å². The van der Waals surface area contributed by atoms with Gasteiger partial charge >= 0.3 is 0 Å². The molecular formula is C17H30FN3. The lowest BCUT2D eigenvalue weighted by Crippen LogP contribution is -2.34. The Balaban J connectivity index is 2.90. The second-order valence-corrected chi connectivity index (χ2v) is 6.24. The van der Waals surface area contributed by atoms with E-state index in [0.29, 0.717) is 12.5 Å². The topological polar surface area (TPSA) is 18.5 Å². The normalized spacial score (nSPS) is 11.4. The Morgan fingerprint density at radius 2 is 1.86 bits per heavy atom. The number of hydrogen-bond donors (Lipinski definition) is 1. The van der Waals surface area contributed by atoms with Crippen molar-refractivity contribution >= 4 is 5.69 Å². The van der Waals surface area contributed by atoms with Crippen LogP contribution in [0.1, 0.15) is 26.3 Å². The minimum atomic E-state index is -0.154. The Labute approximate surface area is 129 Å². The van der Waals surface area contributed by atoms with E-state index in [9.17, 15) is 4.39 Å². The number of likely N-dealkylation sites (N-methyl/N-ethyl adjacent to an activating group) is 1. The summed E-state index contributed by atoms with van der Waals surface area (Å²) >= 11 is 0. The molecule has 0 atom stereocenters. The molecule has 0 aliphatic rings. The van der Waals surface area contributed by atoms with Crippen molar-refractivity contribution in [2.24, 2.45) is 5.92 Å². The summed E-state index contributed by atoms with van der Waals surface area (Å²) in [5.41, 5.74) is 1.99. The van der Waals surface area contributed by atoms with E-state index in [4.69, 9.17) is 0 Å². The van der Waals surface area contributed by atoms with Gasteiger partial charge in [-0.3, -0.25) is 0 Å². The molecule has 0 aromatic heterocycles. The van der Waals surface area contributed by atoms with Gasteiger partial charge in [0.05, 0.1) is 0 Å². The standard InChI is InChI=1S/C17H30FN3/c1-6-19-12-15-9-16(18)11-17(10-15)21(13-14(2)3)8-7-20(4)5/h9-11,14,19H,6-8,12-13H2,1-5H3. The second kappa shape index (κ2) is 9.00. The minimum Gasteiger partial charge on any atom is -0.370 e. The van der Waals surface area contributed by atoms with Gasteiger partial charge in [0.2, 0.25) is 0 Å². The third-order valence-electron chi connectivity index (χ3n) is 3.29. The van der Waals surface area contributed by atoms with Gasteiger partial charge in [-0.05, 0) is 50.3 Å². The smallest absolute Gasteiger partial charge is 0.125 e. The van der Waals surface area contributed by atoms with E-state index in [0.717, 1.165) is 37.4 Å². The zero-order valence-electron chi connectivity index (χ0n) is 14.1. The van der Waals surface area contributed by atoms with Crippen LogP contribution in [0.4, 0.5) is 10.1 Å². The molecule has 0 spiro atoms. The average Bonchev–Trinajstić information content (AvgIpc) is 2.40. The quantitative estimate of drug-likeness (QED) is 0.755. The first-order valence-corrected chi connectivity index (χ1v) is 7.82. The molecule has 3 nitrogen and oxygen atoms in total. The Morgan fingerprint density at radius 1 is 1.14 bits per heavy atom. The molecule has 1 aromatic rings. The SMILES string of the molecule is CCNCc1cc(F)cc(N(CCN(C)C)CC(C)C)c1. The molecule has 120 valence electrons. The second-order valence-electron chi connectivity index (χ2n) is 6.24. The molecule has 0 bridgehead atoms. The van der Waals surface area contributed by atoms with Gasteiger partial charge in [-0.2, -0.15) is 0 Å². The molecule has 1 N–H and O–H groups in total. The fraction of sp³-hybridized carbons (Fsp3) is 0.647. The van der Waals surface area contributed by atoms with Crippen molar-refractivity contribution in [3.8, 4) is 0 Å². The Kier molecular flexibility index (Phi) is 7.68. The van der Waals surface area contributed by atoms with Gasteiger partial charge in [-0.25, -0.2) is 4.39 Å². The number of benzene rings is 1. The molecule has 0 saturated heterocycles. The zero-order chi connectivity index (χ0) is 15.8. The Hall–Kier alpha value is -1.13. The van der Waals surface area contributed by atoms with Crippen LogP contribution in [0.5, 0.6) is 0 Å². The average molecular weight is 295 g/mol.